The Kier molecular flexibility index (Phi) is 5.51. The second-order valence-corrected chi connectivity index (χ2v) is 8.68. The van der Waals surface area contributed by atoms with E-state index in [2.05, 4.69) is 31.1 Å². The van der Waals surface area contributed by atoms with E-state index in [4.69, 9.17) is 0 Å². The quantitative estimate of drug-likeness (QED) is 0.736. The van der Waals surface area contributed by atoms with Crippen molar-refractivity contribution in [3.8, 4) is 17.5 Å². The summed E-state index contributed by atoms with van der Waals surface area (Å²) in [5.41, 5.74) is 0.0226. The summed E-state index contributed by atoms with van der Waals surface area (Å²) in [5, 5.41) is 21.3. The van der Waals surface area contributed by atoms with Gasteiger partial charge in [-0.2, -0.15) is 5.26 Å². The van der Waals surface area contributed by atoms with Crippen LogP contribution in [0.3, 0.4) is 0 Å². The van der Waals surface area contributed by atoms with Crippen LogP contribution < -0.4 is 5.32 Å². The van der Waals surface area contributed by atoms with E-state index in [0.29, 0.717) is 6.04 Å². The van der Waals surface area contributed by atoms with Crippen LogP contribution >= 0.6 is 11.8 Å². The highest BCUT2D eigenvalue weighted by molar-refractivity contribution is 8.00. The van der Waals surface area contributed by atoms with E-state index in [1.165, 1.54) is 11.8 Å². The molecule has 2 atom stereocenters. The standard InChI is InChI=1S/C19H24N6OS/c1-12(2)19(4,11-20)22-17(26)13(3)27-18-24-23-16(25(18)15-7-8-15)14-6-5-9-21-10-14/h5-6,9-10,12-13,15H,7-8H2,1-4H3,(H,22,26). The van der Waals surface area contributed by atoms with Crippen LogP contribution in [0.25, 0.3) is 11.4 Å². The molecule has 1 aliphatic rings. The molecule has 27 heavy (non-hydrogen) atoms. The molecule has 1 saturated carbocycles. The minimum absolute atomic E-state index is 0.0101. The number of carbonyl (C=O) groups excluding carboxylic acids is 1. The Balaban J connectivity index is 1.79. The largest absolute Gasteiger partial charge is 0.337 e. The highest BCUT2D eigenvalue weighted by atomic mass is 32.2. The SMILES string of the molecule is CC(Sc1nnc(-c2cccnc2)n1C1CC1)C(=O)NC(C)(C#N)C(C)C. The summed E-state index contributed by atoms with van der Waals surface area (Å²) in [7, 11) is 0. The van der Waals surface area contributed by atoms with Gasteiger partial charge in [-0.15, -0.1) is 10.2 Å². The molecule has 0 saturated heterocycles. The van der Waals surface area contributed by atoms with E-state index in [0.717, 1.165) is 29.4 Å². The summed E-state index contributed by atoms with van der Waals surface area (Å²) in [6.45, 7) is 7.42. The molecule has 1 N–H and O–H groups in total. The molecule has 1 aliphatic carbocycles. The lowest BCUT2D eigenvalue weighted by Crippen LogP contribution is -2.51. The average molecular weight is 385 g/mol. The fourth-order valence-electron chi connectivity index (χ4n) is 2.58. The first-order valence-electron chi connectivity index (χ1n) is 9.11. The van der Waals surface area contributed by atoms with E-state index >= 15 is 0 Å². The van der Waals surface area contributed by atoms with Crippen LogP contribution in [0.4, 0.5) is 0 Å². The van der Waals surface area contributed by atoms with Gasteiger partial charge in [-0.25, -0.2) is 0 Å². The van der Waals surface area contributed by atoms with Crippen LogP contribution in [0.5, 0.6) is 0 Å². The Bertz CT molecular complexity index is 855. The van der Waals surface area contributed by atoms with Gasteiger partial charge in [-0.05, 0) is 44.7 Å². The number of aromatic nitrogens is 4. The molecule has 0 aliphatic heterocycles. The van der Waals surface area contributed by atoms with E-state index in [1.54, 1.807) is 19.3 Å². The fraction of sp³-hybridized carbons (Fsp3) is 0.526. The van der Waals surface area contributed by atoms with E-state index < -0.39 is 5.54 Å². The highest BCUT2D eigenvalue weighted by Crippen LogP contribution is 2.41. The predicted octanol–water partition coefficient (Wildman–Crippen LogP) is 3.21. The van der Waals surface area contributed by atoms with Crippen molar-refractivity contribution in [1.82, 2.24) is 25.1 Å². The molecule has 8 heteroatoms. The summed E-state index contributed by atoms with van der Waals surface area (Å²) in [4.78, 5) is 16.8. The number of nitrogens with zero attached hydrogens (tertiary/aromatic N) is 5. The van der Waals surface area contributed by atoms with Crippen molar-refractivity contribution in [3.05, 3.63) is 24.5 Å². The lowest BCUT2D eigenvalue weighted by atomic mass is 9.90. The third-order valence-electron chi connectivity index (χ3n) is 4.92. The van der Waals surface area contributed by atoms with Crippen LogP contribution in [0.15, 0.2) is 29.7 Å². The van der Waals surface area contributed by atoms with Crippen molar-refractivity contribution in [1.29, 1.82) is 5.26 Å². The number of carbonyl (C=O) groups is 1. The number of hydrogen-bond donors (Lipinski definition) is 1. The number of nitrogens with one attached hydrogen (secondary N) is 1. The molecule has 0 radical (unpaired) electrons. The maximum atomic E-state index is 12.6. The average Bonchev–Trinajstić information content (AvgIpc) is 3.42. The molecule has 142 valence electrons. The van der Waals surface area contributed by atoms with Crippen molar-refractivity contribution in [2.24, 2.45) is 5.92 Å². The van der Waals surface area contributed by atoms with Crippen LogP contribution in [0, 0.1) is 17.2 Å². The first kappa shape index (κ1) is 19.4. The number of nitriles is 1. The maximum Gasteiger partial charge on any atom is 0.234 e. The smallest absolute Gasteiger partial charge is 0.234 e. The molecule has 7 nitrogen and oxygen atoms in total. The summed E-state index contributed by atoms with van der Waals surface area (Å²) < 4.78 is 2.11. The lowest BCUT2D eigenvalue weighted by Gasteiger charge is -2.28. The molecule has 1 amide bonds. The number of pyridine rings is 1. The Morgan fingerprint density at radius 2 is 2.15 bits per heavy atom. The minimum atomic E-state index is -0.892. The van der Waals surface area contributed by atoms with Crippen molar-refractivity contribution in [2.45, 2.75) is 62.5 Å². The number of hydrogen-bond acceptors (Lipinski definition) is 6. The normalized spacial score (nSPS) is 17.2. The molecule has 2 unspecified atom stereocenters. The van der Waals surface area contributed by atoms with Gasteiger partial charge in [0.05, 0.1) is 11.3 Å². The highest BCUT2D eigenvalue weighted by Gasteiger charge is 2.34. The zero-order valence-corrected chi connectivity index (χ0v) is 16.8. The van der Waals surface area contributed by atoms with Gasteiger partial charge in [0.15, 0.2) is 11.0 Å². The van der Waals surface area contributed by atoms with Gasteiger partial charge >= 0.3 is 0 Å². The number of thioether (sulfide) groups is 1. The van der Waals surface area contributed by atoms with Crippen molar-refractivity contribution in [2.75, 3.05) is 0 Å². The van der Waals surface area contributed by atoms with Gasteiger partial charge < -0.3 is 5.32 Å². The molecule has 1 fully saturated rings. The second kappa shape index (κ2) is 7.69. The Labute approximate surface area is 163 Å². The van der Waals surface area contributed by atoms with Crippen LogP contribution in [0.1, 0.15) is 46.6 Å². The zero-order valence-electron chi connectivity index (χ0n) is 16.0. The maximum absolute atomic E-state index is 12.6. The van der Waals surface area contributed by atoms with Crippen molar-refractivity contribution < 1.29 is 4.79 Å². The molecule has 2 heterocycles. The summed E-state index contributed by atoms with van der Waals surface area (Å²) >= 11 is 1.37. The van der Waals surface area contributed by atoms with Gasteiger partial charge in [0.25, 0.3) is 0 Å². The van der Waals surface area contributed by atoms with E-state index in [9.17, 15) is 10.1 Å². The summed E-state index contributed by atoms with van der Waals surface area (Å²) in [6, 6.07) is 6.41. The first-order chi connectivity index (χ1) is 12.9. The summed E-state index contributed by atoms with van der Waals surface area (Å²) in [6.07, 6.45) is 5.66. The number of rotatable bonds is 7. The van der Waals surface area contributed by atoms with Gasteiger partial charge in [-0.3, -0.25) is 14.3 Å². The van der Waals surface area contributed by atoms with E-state index in [-0.39, 0.29) is 17.1 Å². The molecule has 2 aromatic rings. The Morgan fingerprint density at radius 1 is 1.41 bits per heavy atom. The fourth-order valence-corrected chi connectivity index (χ4v) is 3.50. The van der Waals surface area contributed by atoms with Crippen molar-refractivity contribution in [3.63, 3.8) is 0 Å². The van der Waals surface area contributed by atoms with Gasteiger partial charge in [-0.1, -0.05) is 25.6 Å². The van der Waals surface area contributed by atoms with E-state index in [1.807, 2.05) is 32.9 Å². The molecule has 2 aromatic heterocycles. The monoisotopic (exact) mass is 384 g/mol. The van der Waals surface area contributed by atoms with Crippen LogP contribution in [-0.2, 0) is 4.79 Å². The molecule has 0 spiro atoms. The Morgan fingerprint density at radius 3 is 2.70 bits per heavy atom. The van der Waals surface area contributed by atoms with Gasteiger partial charge in [0.1, 0.15) is 5.54 Å². The Hall–Kier alpha value is -2.40. The predicted molar refractivity (Wildman–Crippen MR) is 104 cm³/mol. The minimum Gasteiger partial charge on any atom is -0.337 e. The summed E-state index contributed by atoms with van der Waals surface area (Å²) in [5.74, 6) is 0.617. The molecule has 3 rings (SSSR count). The van der Waals surface area contributed by atoms with Crippen molar-refractivity contribution >= 4 is 17.7 Å². The number of amides is 1. The lowest BCUT2D eigenvalue weighted by molar-refractivity contribution is -0.121. The third kappa shape index (κ3) is 4.14. The van der Waals surface area contributed by atoms with Crippen LogP contribution in [0.2, 0.25) is 0 Å². The topological polar surface area (TPSA) is 96.5 Å². The molecular formula is C19H24N6OS. The third-order valence-corrected chi connectivity index (χ3v) is 5.97. The van der Waals surface area contributed by atoms with Crippen LogP contribution in [-0.4, -0.2) is 36.4 Å². The van der Waals surface area contributed by atoms with Gasteiger partial charge in [0.2, 0.25) is 5.91 Å². The molecule has 0 bridgehead atoms. The second-order valence-electron chi connectivity index (χ2n) is 7.37. The molecular weight excluding hydrogens is 360 g/mol. The zero-order chi connectivity index (χ0) is 19.6. The first-order valence-corrected chi connectivity index (χ1v) is 9.99. The van der Waals surface area contributed by atoms with Gasteiger partial charge in [0, 0.05) is 24.0 Å². The molecule has 0 aromatic carbocycles.